The fraction of sp³-hybridized carbons (Fsp3) is 0.500. The van der Waals surface area contributed by atoms with Crippen LogP contribution < -0.4 is 0 Å². The number of carbonyl (C=O) groups excluding carboxylic acids is 1. The molecular weight excluding hydrogens is 336 g/mol. The predicted octanol–water partition coefficient (Wildman–Crippen LogP) is 4.25. The number of esters is 1. The number of allylic oxidation sites excluding steroid dienone is 4. The van der Waals surface area contributed by atoms with Crippen molar-refractivity contribution in [1.82, 2.24) is 0 Å². The van der Waals surface area contributed by atoms with E-state index in [0.29, 0.717) is 12.0 Å². The van der Waals surface area contributed by atoms with E-state index < -0.39 is 5.97 Å². The smallest absolute Gasteiger partial charge is 0.333 e. The number of hydrogen-bond donors (Lipinski definition) is 1. The lowest BCUT2D eigenvalue weighted by molar-refractivity contribution is -0.136. The summed E-state index contributed by atoms with van der Waals surface area (Å²) < 4.78 is 16.6. The van der Waals surface area contributed by atoms with E-state index in [-0.39, 0.29) is 12.3 Å². The molecule has 1 N–H and O–H groups in total. The third-order valence-corrected chi connectivity index (χ3v) is 3.86. The van der Waals surface area contributed by atoms with Crippen LogP contribution in [-0.2, 0) is 23.8 Å². The van der Waals surface area contributed by atoms with E-state index in [2.05, 4.69) is 18.7 Å². The SMILES string of the molecule is C=CC(=O)O.COC(=O)C(C)=CCC(OC1=CCCC1)OC1=CCCC1. The molecule has 2 aliphatic rings. The van der Waals surface area contributed by atoms with Gasteiger partial charge in [-0.1, -0.05) is 12.7 Å². The number of rotatable bonds is 8. The Morgan fingerprint density at radius 1 is 1.19 bits per heavy atom. The van der Waals surface area contributed by atoms with Crippen molar-refractivity contribution in [3.05, 3.63) is 48.0 Å². The molecule has 0 atom stereocenters. The first-order chi connectivity index (χ1) is 12.5. The van der Waals surface area contributed by atoms with Gasteiger partial charge in [-0.2, -0.15) is 0 Å². The summed E-state index contributed by atoms with van der Waals surface area (Å²) in [6.45, 7) is 4.70. The average Bonchev–Trinajstić information content (AvgIpc) is 3.33. The minimum Gasteiger partial charge on any atom is -0.478 e. The summed E-state index contributed by atoms with van der Waals surface area (Å²) in [4.78, 5) is 20.7. The average molecular weight is 364 g/mol. The molecule has 2 aliphatic carbocycles. The van der Waals surface area contributed by atoms with Crippen molar-refractivity contribution in [1.29, 1.82) is 0 Å². The van der Waals surface area contributed by atoms with Crippen LogP contribution in [0.5, 0.6) is 0 Å². The van der Waals surface area contributed by atoms with Gasteiger partial charge >= 0.3 is 11.9 Å². The summed E-state index contributed by atoms with van der Waals surface area (Å²) in [6, 6.07) is 0. The molecule has 0 bridgehead atoms. The standard InChI is InChI=1S/C17H24O4.C3H4O2/c1-13(17(18)19-2)11-12-16(20-14-7-3-4-8-14)21-15-9-5-6-10-15;1-2-3(4)5/h7,9,11,16H,3-6,8,10,12H2,1-2H3;2H,1H2,(H,4,5). The molecule has 144 valence electrons. The van der Waals surface area contributed by atoms with Gasteiger partial charge in [-0.3, -0.25) is 0 Å². The maximum Gasteiger partial charge on any atom is 0.333 e. The highest BCUT2D eigenvalue weighted by Crippen LogP contribution is 2.26. The molecule has 0 aromatic heterocycles. The van der Waals surface area contributed by atoms with Crippen LogP contribution in [0, 0.1) is 0 Å². The van der Waals surface area contributed by atoms with Crippen molar-refractivity contribution in [2.24, 2.45) is 0 Å². The van der Waals surface area contributed by atoms with Gasteiger partial charge in [0.15, 0.2) is 0 Å². The van der Waals surface area contributed by atoms with Gasteiger partial charge in [0, 0.05) is 30.9 Å². The summed E-state index contributed by atoms with van der Waals surface area (Å²) >= 11 is 0. The highest BCUT2D eigenvalue weighted by atomic mass is 16.7. The predicted molar refractivity (Wildman–Crippen MR) is 98.0 cm³/mol. The monoisotopic (exact) mass is 364 g/mol. The zero-order chi connectivity index (χ0) is 19.4. The fourth-order valence-electron chi connectivity index (χ4n) is 2.47. The first-order valence-corrected chi connectivity index (χ1v) is 8.78. The second-order valence-corrected chi connectivity index (χ2v) is 5.95. The van der Waals surface area contributed by atoms with Crippen LogP contribution in [0.4, 0.5) is 0 Å². The summed E-state index contributed by atoms with van der Waals surface area (Å²) in [6.07, 6.45) is 13.4. The molecule has 0 saturated carbocycles. The van der Waals surface area contributed by atoms with Crippen molar-refractivity contribution in [2.45, 2.75) is 58.2 Å². The molecule has 2 rings (SSSR count). The maximum atomic E-state index is 11.4. The second-order valence-electron chi connectivity index (χ2n) is 5.95. The quantitative estimate of drug-likeness (QED) is 0.394. The minimum atomic E-state index is -0.981. The number of carboxylic acid groups (broad SMARTS) is 1. The molecule has 0 fully saturated rings. The molecular formula is C20H28O6. The Morgan fingerprint density at radius 3 is 2.04 bits per heavy atom. The Kier molecular flexibility index (Phi) is 9.90. The Labute approximate surface area is 154 Å². The molecule has 0 aliphatic heterocycles. The number of methoxy groups -OCH3 is 1. The van der Waals surface area contributed by atoms with Gasteiger partial charge < -0.3 is 19.3 Å². The van der Waals surface area contributed by atoms with Gasteiger partial charge in [0.1, 0.15) is 0 Å². The summed E-state index contributed by atoms with van der Waals surface area (Å²) in [5.41, 5.74) is 0.579. The second kappa shape index (κ2) is 12.0. The van der Waals surface area contributed by atoms with E-state index in [1.54, 1.807) is 6.92 Å². The molecule has 0 spiro atoms. The highest BCUT2D eigenvalue weighted by molar-refractivity contribution is 5.87. The third-order valence-electron chi connectivity index (χ3n) is 3.86. The zero-order valence-electron chi connectivity index (χ0n) is 15.5. The van der Waals surface area contributed by atoms with Gasteiger partial charge in [0.2, 0.25) is 6.29 Å². The summed E-state index contributed by atoms with van der Waals surface area (Å²) in [5, 5.41) is 7.60. The van der Waals surface area contributed by atoms with Crippen molar-refractivity contribution in [3.63, 3.8) is 0 Å². The molecule has 0 aromatic carbocycles. The largest absolute Gasteiger partial charge is 0.478 e. The topological polar surface area (TPSA) is 82.1 Å². The van der Waals surface area contributed by atoms with Crippen LogP contribution in [0.1, 0.15) is 51.9 Å². The Balaban J connectivity index is 0.000000597. The molecule has 0 unspecified atom stereocenters. The molecule has 0 heterocycles. The number of carbonyl (C=O) groups is 2. The van der Waals surface area contributed by atoms with Crippen molar-refractivity contribution >= 4 is 11.9 Å². The van der Waals surface area contributed by atoms with Crippen LogP contribution in [0.3, 0.4) is 0 Å². The van der Waals surface area contributed by atoms with E-state index in [1.807, 2.05) is 6.08 Å². The number of hydrogen-bond acceptors (Lipinski definition) is 5. The van der Waals surface area contributed by atoms with Crippen molar-refractivity contribution in [3.8, 4) is 0 Å². The van der Waals surface area contributed by atoms with Crippen LogP contribution in [0.2, 0.25) is 0 Å². The fourth-order valence-corrected chi connectivity index (χ4v) is 2.47. The van der Waals surface area contributed by atoms with Crippen LogP contribution in [0.15, 0.2) is 48.0 Å². The molecule has 6 heteroatoms. The van der Waals surface area contributed by atoms with Gasteiger partial charge in [-0.05, 0) is 44.8 Å². The Morgan fingerprint density at radius 2 is 1.69 bits per heavy atom. The van der Waals surface area contributed by atoms with E-state index in [0.717, 1.165) is 56.1 Å². The summed E-state index contributed by atoms with van der Waals surface area (Å²) in [7, 11) is 1.39. The van der Waals surface area contributed by atoms with Gasteiger partial charge in [-0.25, -0.2) is 9.59 Å². The molecule has 0 saturated heterocycles. The van der Waals surface area contributed by atoms with E-state index in [9.17, 15) is 9.59 Å². The third kappa shape index (κ3) is 8.55. The molecule has 0 radical (unpaired) electrons. The van der Waals surface area contributed by atoms with Gasteiger partial charge in [0.25, 0.3) is 0 Å². The van der Waals surface area contributed by atoms with Crippen molar-refractivity contribution in [2.75, 3.05) is 7.11 Å². The number of carboxylic acids is 1. The zero-order valence-corrected chi connectivity index (χ0v) is 15.5. The molecule has 6 nitrogen and oxygen atoms in total. The normalized spacial score (nSPS) is 16.2. The van der Waals surface area contributed by atoms with Crippen LogP contribution in [0.25, 0.3) is 0 Å². The van der Waals surface area contributed by atoms with Crippen LogP contribution in [-0.4, -0.2) is 30.4 Å². The van der Waals surface area contributed by atoms with Crippen LogP contribution >= 0.6 is 0 Å². The number of ether oxygens (including phenoxy) is 3. The number of aliphatic carboxylic acids is 1. The van der Waals surface area contributed by atoms with Gasteiger partial charge in [-0.15, -0.1) is 0 Å². The van der Waals surface area contributed by atoms with E-state index in [4.69, 9.17) is 19.3 Å². The van der Waals surface area contributed by atoms with E-state index >= 15 is 0 Å². The van der Waals surface area contributed by atoms with Crippen molar-refractivity contribution < 1.29 is 28.9 Å². The minimum absolute atomic E-state index is 0.311. The van der Waals surface area contributed by atoms with E-state index in [1.165, 1.54) is 7.11 Å². The molecule has 26 heavy (non-hydrogen) atoms. The molecule has 0 aromatic rings. The lowest BCUT2D eigenvalue weighted by atomic mass is 10.2. The lowest BCUT2D eigenvalue weighted by Crippen LogP contribution is -2.16. The Hall–Kier alpha value is -2.50. The Bertz CT molecular complexity index is 559. The lowest BCUT2D eigenvalue weighted by Gasteiger charge is -2.21. The molecule has 0 amide bonds. The van der Waals surface area contributed by atoms with Gasteiger partial charge in [0.05, 0.1) is 18.6 Å². The summed E-state index contributed by atoms with van der Waals surface area (Å²) in [5.74, 6) is 0.712. The highest BCUT2D eigenvalue weighted by Gasteiger charge is 2.18. The maximum absolute atomic E-state index is 11.4. The first kappa shape index (κ1) is 21.5. The first-order valence-electron chi connectivity index (χ1n) is 8.78.